The molecule has 0 N–H and O–H groups in total. The van der Waals surface area contributed by atoms with Crippen molar-refractivity contribution in [3.63, 3.8) is 0 Å². The first-order chi connectivity index (χ1) is 7.39. The second-order valence-corrected chi connectivity index (χ2v) is 7.90. The molecule has 5 nitrogen and oxygen atoms in total. The van der Waals surface area contributed by atoms with Crippen molar-refractivity contribution >= 4 is 26.7 Å². The van der Waals surface area contributed by atoms with Crippen LogP contribution in [-0.4, -0.2) is 59.7 Å². The molecule has 0 aromatic carbocycles. The van der Waals surface area contributed by atoms with Gasteiger partial charge in [-0.05, 0) is 0 Å². The fourth-order valence-electron chi connectivity index (χ4n) is 1.89. The number of hydrogen-bond donors (Lipinski definition) is 1. The van der Waals surface area contributed by atoms with Gasteiger partial charge in [-0.1, -0.05) is 12.2 Å². The van der Waals surface area contributed by atoms with Crippen molar-refractivity contribution in [3.05, 3.63) is 0 Å². The first-order valence-corrected chi connectivity index (χ1v) is 8.27. The minimum absolute atomic E-state index is 0.116. The summed E-state index contributed by atoms with van der Waals surface area (Å²) in [6.45, 7) is -1.04. The maximum Gasteiger partial charge on any atom is 0.252 e. The molecule has 0 saturated carbocycles. The van der Waals surface area contributed by atoms with E-state index in [1.165, 1.54) is 6.66 Å². The highest BCUT2D eigenvalue weighted by Gasteiger charge is 2.45. The zero-order valence-electron chi connectivity index (χ0n) is 9.95. The number of hydrogen-bond acceptors (Lipinski definition) is 5. The third-order valence-corrected chi connectivity index (χ3v) is 3.38. The topological polar surface area (TPSA) is 54.0 Å². The van der Waals surface area contributed by atoms with Gasteiger partial charge < -0.3 is 18.7 Å². The quantitative estimate of drug-likeness (QED) is 0.437. The normalized spacial score (nSPS) is 38.5. The van der Waals surface area contributed by atoms with Crippen molar-refractivity contribution in [2.24, 2.45) is 0 Å². The Balaban J connectivity index is 2.75. The minimum atomic E-state index is -2.87. The van der Waals surface area contributed by atoms with E-state index in [-0.39, 0.29) is 18.2 Å². The lowest BCUT2D eigenvalue weighted by Crippen LogP contribution is -2.37. The minimum Gasteiger partial charge on any atom is -0.382 e. The highest BCUT2D eigenvalue weighted by Crippen LogP contribution is 2.50. The molecule has 0 spiro atoms. The predicted octanol–water partition coefficient (Wildman–Crippen LogP) is 0.144. The van der Waals surface area contributed by atoms with Crippen LogP contribution in [0, 0.1) is 0 Å². The Kier molecular flexibility index (Phi) is 5.36. The van der Waals surface area contributed by atoms with Crippen LogP contribution in [-0.2, 0) is 23.3 Å². The third-order valence-electron chi connectivity index (χ3n) is 2.46. The van der Waals surface area contributed by atoms with Crippen LogP contribution in [0.1, 0.15) is 0 Å². The SMILES string of the molecule is B[C@@H]1O[C@H](COC)C(OP(C)(=O)S)C1OC. The van der Waals surface area contributed by atoms with E-state index < -0.39 is 12.7 Å². The van der Waals surface area contributed by atoms with E-state index in [2.05, 4.69) is 12.2 Å². The smallest absolute Gasteiger partial charge is 0.252 e. The molecule has 94 valence electrons. The van der Waals surface area contributed by atoms with Crippen molar-refractivity contribution in [1.29, 1.82) is 0 Å². The van der Waals surface area contributed by atoms with Crippen LogP contribution in [0.4, 0.5) is 0 Å². The molecule has 0 bridgehead atoms. The summed E-state index contributed by atoms with van der Waals surface area (Å²) in [5.74, 6) is 0. The molecule has 0 aromatic rings. The Morgan fingerprint density at radius 2 is 2.06 bits per heavy atom. The lowest BCUT2D eigenvalue weighted by molar-refractivity contribution is -0.0112. The Morgan fingerprint density at radius 1 is 1.44 bits per heavy atom. The van der Waals surface area contributed by atoms with Gasteiger partial charge in [-0.15, -0.1) is 0 Å². The van der Waals surface area contributed by atoms with Crippen molar-refractivity contribution in [3.8, 4) is 0 Å². The molecule has 8 heteroatoms. The van der Waals surface area contributed by atoms with E-state index in [4.69, 9.17) is 18.7 Å². The zero-order valence-corrected chi connectivity index (χ0v) is 11.7. The fourth-order valence-corrected chi connectivity index (χ4v) is 2.92. The lowest BCUT2D eigenvalue weighted by atomic mass is 9.93. The van der Waals surface area contributed by atoms with Gasteiger partial charge in [-0.25, -0.2) is 0 Å². The summed E-state index contributed by atoms with van der Waals surface area (Å²) in [7, 11) is 5.05. The summed E-state index contributed by atoms with van der Waals surface area (Å²) in [6, 6.07) is -0.116. The van der Waals surface area contributed by atoms with Gasteiger partial charge in [0.1, 0.15) is 26.2 Å². The van der Waals surface area contributed by atoms with Crippen LogP contribution in [0.3, 0.4) is 0 Å². The molecule has 1 saturated heterocycles. The highest BCUT2D eigenvalue weighted by atomic mass is 32.7. The Labute approximate surface area is 102 Å². The second kappa shape index (κ2) is 5.89. The number of thiol groups is 1. The molecule has 1 aliphatic rings. The zero-order chi connectivity index (χ0) is 12.3. The molecular weight excluding hydrogens is 250 g/mol. The van der Waals surface area contributed by atoms with Crippen LogP contribution in [0.25, 0.3) is 0 Å². The average molecular weight is 268 g/mol. The molecule has 1 heterocycles. The highest BCUT2D eigenvalue weighted by molar-refractivity contribution is 8.46. The maximum absolute atomic E-state index is 11.6. The number of rotatable bonds is 5. The third kappa shape index (κ3) is 3.76. The van der Waals surface area contributed by atoms with Crippen molar-refractivity contribution in [2.75, 3.05) is 27.5 Å². The summed E-state index contributed by atoms with van der Waals surface area (Å²) in [4.78, 5) is 0. The molecule has 1 rings (SSSR count). The van der Waals surface area contributed by atoms with Gasteiger partial charge in [0, 0.05) is 20.9 Å². The van der Waals surface area contributed by atoms with Crippen LogP contribution < -0.4 is 0 Å². The van der Waals surface area contributed by atoms with E-state index in [1.54, 1.807) is 14.2 Å². The van der Waals surface area contributed by atoms with Gasteiger partial charge in [-0.2, -0.15) is 0 Å². The summed E-state index contributed by atoms with van der Waals surface area (Å²) in [6.07, 6.45) is -0.931. The van der Waals surface area contributed by atoms with Gasteiger partial charge in [0.15, 0.2) is 0 Å². The summed E-state index contributed by atoms with van der Waals surface area (Å²) >= 11 is 3.93. The van der Waals surface area contributed by atoms with Crippen LogP contribution in [0.5, 0.6) is 0 Å². The molecule has 0 aliphatic carbocycles. The van der Waals surface area contributed by atoms with Gasteiger partial charge in [0.2, 0.25) is 0 Å². The Morgan fingerprint density at radius 3 is 2.50 bits per heavy atom. The van der Waals surface area contributed by atoms with Crippen molar-refractivity contribution in [1.82, 2.24) is 0 Å². The summed E-state index contributed by atoms with van der Waals surface area (Å²) in [5, 5.41) is 0. The number of ether oxygens (including phenoxy) is 3. The summed E-state index contributed by atoms with van der Waals surface area (Å²) < 4.78 is 33.0. The number of methoxy groups -OCH3 is 2. The van der Waals surface area contributed by atoms with Crippen LogP contribution >= 0.6 is 18.8 Å². The van der Waals surface area contributed by atoms with E-state index in [9.17, 15) is 4.57 Å². The molecule has 16 heavy (non-hydrogen) atoms. The molecule has 3 unspecified atom stereocenters. The monoisotopic (exact) mass is 268 g/mol. The lowest BCUT2D eigenvalue weighted by Gasteiger charge is -2.24. The Hall–Kier alpha value is 0.485. The van der Waals surface area contributed by atoms with E-state index in [1.807, 2.05) is 7.85 Å². The largest absolute Gasteiger partial charge is 0.382 e. The first-order valence-electron chi connectivity index (χ1n) is 5.05. The molecule has 0 radical (unpaired) electrons. The van der Waals surface area contributed by atoms with E-state index in [0.717, 1.165) is 0 Å². The molecular formula is C8H18BO5PS. The van der Waals surface area contributed by atoms with Gasteiger partial charge in [0.25, 0.3) is 6.57 Å². The van der Waals surface area contributed by atoms with Crippen molar-refractivity contribution in [2.45, 2.75) is 24.3 Å². The van der Waals surface area contributed by atoms with Crippen LogP contribution in [0.2, 0.25) is 0 Å². The van der Waals surface area contributed by atoms with Crippen molar-refractivity contribution < 1.29 is 23.3 Å². The Bertz CT molecular complexity index is 273. The van der Waals surface area contributed by atoms with E-state index in [0.29, 0.717) is 6.61 Å². The second-order valence-electron chi connectivity index (χ2n) is 3.91. The summed E-state index contributed by atoms with van der Waals surface area (Å²) in [5.41, 5.74) is 0. The van der Waals surface area contributed by atoms with E-state index >= 15 is 0 Å². The predicted molar refractivity (Wildman–Crippen MR) is 67.3 cm³/mol. The molecule has 5 atom stereocenters. The van der Waals surface area contributed by atoms with Crippen LogP contribution in [0.15, 0.2) is 0 Å². The standard InChI is InChI=1S/C8H18BO5PS/c1-11-4-5-6(14-15(3,10)16)7(12-2)8(9)13-5/h5-8H,4,9H2,1-3H3,(H,10,16)/t5-,6?,7?,8-,15?/m1/s1. The molecule has 1 aliphatic heterocycles. The molecule has 0 amide bonds. The average Bonchev–Trinajstić information content (AvgIpc) is 2.41. The fraction of sp³-hybridized carbons (Fsp3) is 1.00. The maximum atomic E-state index is 11.6. The first kappa shape index (κ1) is 14.5. The molecule has 1 fully saturated rings. The van der Waals surface area contributed by atoms with Gasteiger partial charge in [-0.3, -0.25) is 4.57 Å². The van der Waals surface area contributed by atoms with Gasteiger partial charge >= 0.3 is 0 Å². The van der Waals surface area contributed by atoms with Gasteiger partial charge in [0.05, 0.1) is 12.6 Å². The molecule has 0 aromatic heterocycles.